The Morgan fingerprint density at radius 2 is 0.900 bits per heavy atom. The van der Waals surface area contributed by atoms with Gasteiger partial charge >= 0.3 is 0 Å². The van der Waals surface area contributed by atoms with E-state index in [2.05, 4.69) is 47.4 Å². The van der Waals surface area contributed by atoms with Gasteiger partial charge in [0.15, 0.2) is 0 Å². The Labute approximate surface area is 67.0 Å². The lowest BCUT2D eigenvalue weighted by Gasteiger charge is -1.52. The van der Waals surface area contributed by atoms with E-state index >= 15 is 0 Å². The molecule has 0 saturated heterocycles. The molecule has 0 aromatic heterocycles. The van der Waals surface area contributed by atoms with Crippen molar-refractivity contribution in [3.63, 3.8) is 0 Å². The molecule has 0 N–H and O–H groups in total. The van der Waals surface area contributed by atoms with E-state index in [1.54, 1.807) is 0 Å². The first-order valence-corrected chi connectivity index (χ1v) is 2.33. The van der Waals surface area contributed by atoms with Crippen LogP contribution in [0.1, 0.15) is 5.71 Å². The van der Waals surface area contributed by atoms with Gasteiger partial charge in [-0.1, -0.05) is 0 Å². The highest BCUT2D eigenvalue weighted by Crippen LogP contribution is 1.52. The molecule has 10 heavy (non-hydrogen) atoms. The predicted molar refractivity (Wildman–Crippen MR) is 49.5 cm³/mol. The van der Waals surface area contributed by atoms with Crippen molar-refractivity contribution in [3.05, 3.63) is 0 Å². The Bertz CT molecular complexity index is 327. The van der Waals surface area contributed by atoms with E-state index in [0.29, 0.717) is 0 Å². The largest absolute Gasteiger partial charge is 0.106 e. The van der Waals surface area contributed by atoms with Crippen LogP contribution in [0.5, 0.6) is 0 Å². The number of terminal acetylenes is 2. The van der Waals surface area contributed by atoms with Gasteiger partial charge in [0.2, 0.25) is 0 Å². The molecule has 0 nitrogen and oxygen atoms in total. The summed E-state index contributed by atoms with van der Waals surface area (Å²) >= 11 is 0. The summed E-state index contributed by atoms with van der Waals surface area (Å²) in [6.45, 7) is 0. The SMILES string of the molecule is C#CC#CC#CC#CC#C.[HH].[HH].[HH].[HH]. The number of hydrogen-bond donors (Lipinski definition) is 0. The molecule has 0 aromatic carbocycles. The molecule has 0 aliphatic rings. The molecule has 0 unspecified atom stereocenters. The van der Waals surface area contributed by atoms with Gasteiger partial charge in [-0.05, 0) is 47.4 Å². The van der Waals surface area contributed by atoms with Crippen LogP contribution in [0.15, 0.2) is 0 Å². The van der Waals surface area contributed by atoms with Crippen LogP contribution in [0.3, 0.4) is 0 Å². The molecular weight excluding hydrogens is 120 g/mol. The van der Waals surface area contributed by atoms with Gasteiger partial charge in [0.1, 0.15) is 0 Å². The molecule has 0 spiro atoms. The molecular formula is C10H10. The van der Waals surface area contributed by atoms with Crippen LogP contribution in [0.4, 0.5) is 0 Å². The molecule has 0 amide bonds. The topological polar surface area (TPSA) is 0 Å². The third kappa shape index (κ3) is 5.80. The maximum atomic E-state index is 4.81. The Morgan fingerprint density at radius 1 is 0.600 bits per heavy atom. The van der Waals surface area contributed by atoms with E-state index < -0.39 is 0 Å². The van der Waals surface area contributed by atoms with Crippen LogP contribution < -0.4 is 0 Å². The van der Waals surface area contributed by atoms with Crippen LogP contribution in [0.2, 0.25) is 0 Å². The van der Waals surface area contributed by atoms with E-state index in [1.807, 2.05) is 0 Å². The Hall–Kier alpha value is -2.20. The zero-order valence-electron chi connectivity index (χ0n) is 5.15. The average Bonchev–Trinajstić information content (AvgIpc) is 1.97. The first kappa shape index (κ1) is 7.80. The summed E-state index contributed by atoms with van der Waals surface area (Å²) in [5.41, 5.74) is 0. The minimum Gasteiger partial charge on any atom is -0.106 e. The maximum absolute atomic E-state index is 4.81. The summed E-state index contributed by atoms with van der Waals surface area (Å²) in [4.78, 5) is 0. The van der Waals surface area contributed by atoms with Crippen molar-refractivity contribution in [1.29, 1.82) is 0 Å². The fraction of sp³-hybridized carbons (Fsp3) is 0. The minimum absolute atomic E-state index is 0. The fourth-order valence-electron chi connectivity index (χ4n) is 0.197. The summed E-state index contributed by atoms with van der Waals surface area (Å²) in [6.07, 6.45) is 9.62. The van der Waals surface area contributed by atoms with E-state index in [0.717, 1.165) is 0 Å². The molecule has 0 fully saturated rings. The first-order chi connectivity index (χ1) is 4.91. The van der Waals surface area contributed by atoms with Crippen LogP contribution in [0, 0.1) is 60.2 Å². The molecule has 0 radical (unpaired) electrons. The van der Waals surface area contributed by atoms with Crippen molar-refractivity contribution in [2.24, 2.45) is 0 Å². The van der Waals surface area contributed by atoms with Crippen molar-refractivity contribution in [2.45, 2.75) is 0 Å². The molecule has 50 valence electrons. The van der Waals surface area contributed by atoms with Gasteiger partial charge in [-0.3, -0.25) is 0 Å². The zero-order chi connectivity index (χ0) is 7.66. The summed E-state index contributed by atoms with van der Waals surface area (Å²) < 4.78 is 0. The van der Waals surface area contributed by atoms with E-state index in [9.17, 15) is 0 Å². The van der Waals surface area contributed by atoms with E-state index in [-0.39, 0.29) is 5.71 Å². The van der Waals surface area contributed by atoms with E-state index in [4.69, 9.17) is 12.8 Å². The van der Waals surface area contributed by atoms with Gasteiger partial charge in [-0.15, -0.1) is 12.8 Å². The van der Waals surface area contributed by atoms with Crippen molar-refractivity contribution >= 4 is 0 Å². The highest BCUT2D eigenvalue weighted by atomic mass is 13.5. The maximum Gasteiger partial charge on any atom is 0 e. The second-order valence-electron chi connectivity index (χ2n) is 1.04. The second-order valence-corrected chi connectivity index (χ2v) is 1.04. The molecule has 0 rings (SSSR count). The third-order valence-electron chi connectivity index (χ3n) is 0.457. The summed E-state index contributed by atoms with van der Waals surface area (Å²) in [6, 6.07) is 0. The van der Waals surface area contributed by atoms with Crippen molar-refractivity contribution in [1.82, 2.24) is 0 Å². The quantitative estimate of drug-likeness (QED) is 0.433. The lowest BCUT2D eigenvalue weighted by molar-refractivity contribution is 2.37. The molecule has 0 atom stereocenters. The summed E-state index contributed by atoms with van der Waals surface area (Å²) in [5, 5.41) is 0. The normalized spacial score (nSPS) is 3.40. The van der Waals surface area contributed by atoms with Crippen LogP contribution >= 0.6 is 0 Å². The molecule has 0 heterocycles. The highest BCUT2D eigenvalue weighted by Gasteiger charge is 1.52. The predicted octanol–water partition coefficient (Wildman–Crippen LogP) is 1.25. The van der Waals surface area contributed by atoms with Gasteiger partial charge in [0.25, 0.3) is 0 Å². The average molecular weight is 130 g/mol. The number of hydrogen-bond acceptors (Lipinski definition) is 0. The Morgan fingerprint density at radius 3 is 1.20 bits per heavy atom. The Kier molecular flexibility index (Phi) is 5.30. The smallest absolute Gasteiger partial charge is 0 e. The van der Waals surface area contributed by atoms with Crippen molar-refractivity contribution in [3.8, 4) is 60.2 Å². The van der Waals surface area contributed by atoms with Gasteiger partial charge in [0.05, 0.1) is 0 Å². The second kappa shape index (κ2) is 6.80. The summed E-state index contributed by atoms with van der Waals surface area (Å²) in [7, 11) is 0. The molecule has 0 aliphatic carbocycles. The lowest BCUT2D eigenvalue weighted by Crippen LogP contribution is -1.51. The third-order valence-corrected chi connectivity index (χ3v) is 0.457. The zero-order valence-corrected chi connectivity index (χ0v) is 5.15. The van der Waals surface area contributed by atoms with Gasteiger partial charge in [0, 0.05) is 5.71 Å². The van der Waals surface area contributed by atoms with Crippen LogP contribution in [0.25, 0.3) is 0 Å². The van der Waals surface area contributed by atoms with Gasteiger partial charge in [-0.2, -0.15) is 0 Å². The Balaban J connectivity index is -0.0000000675. The minimum atomic E-state index is 0. The van der Waals surface area contributed by atoms with Crippen molar-refractivity contribution < 1.29 is 5.71 Å². The highest BCUT2D eigenvalue weighted by molar-refractivity contribution is 5.41. The standard InChI is InChI=1S/C10H2.4H2/c1-3-5-7-9-10-8-6-4-2;;;;/h1-2H;4*1H. The molecule has 0 aliphatic heterocycles. The number of rotatable bonds is 0. The van der Waals surface area contributed by atoms with E-state index in [1.165, 1.54) is 0 Å². The van der Waals surface area contributed by atoms with Crippen molar-refractivity contribution in [2.75, 3.05) is 0 Å². The lowest BCUT2D eigenvalue weighted by atomic mass is 10.5. The summed E-state index contributed by atoms with van der Waals surface area (Å²) in [5.74, 6) is 18.4. The van der Waals surface area contributed by atoms with Gasteiger partial charge < -0.3 is 0 Å². The monoisotopic (exact) mass is 130 g/mol. The molecule has 0 saturated carbocycles. The molecule has 0 bridgehead atoms. The molecule has 0 heteroatoms. The van der Waals surface area contributed by atoms with Gasteiger partial charge in [-0.25, -0.2) is 0 Å². The fourth-order valence-corrected chi connectivity index (χ4v) is 0.197. The first-order valence-electron chi connectivity index (χ1n) is 2.33. The van der Waals surface area contributed by atoms with Crippen LogP contribution in [-0.4, -0.2) is 0 Å². The molecule has 0 aromatic rings. The van der Waals surface area contributed by atoms with Crippen LogP contribution in [-0.2, 0) is 0 Å².